The van der Waals surface area contributed by atoms with Crippen molar-refractivity contribution < 1.29 is 5.11 Å². The number of hydrogen-bond acceptors (Lipinski definition) is 3. The molecule has 0 spiro atoms. The largest absolute Gasteiger partial charge is 0.386 e. The summed E-state index contributed by atoms with van der Waals surface area (Å²) in [5.74, 6) is 0.660. The van der Waals surface area contributed by atoms with Crippen molar-refractivity contribution in [2.45, 2.75) is 26.0 Å². The summed E-state index contributed by atoms with van der Waals surface area (Å²) in [6.45, 7) is 5.07. The van der Waals surface area contributed by atoms with Gasteiger partial charge in [-0.05, 0) is 49.2 Å². The van der Waals surface area contributed by atoms with Gasteiger partial charge in [-0.2, -0.15) is 0 Å². The smallest absolute Gasteiger partial charge is 0.191 e. The molecule has 0 saturated heterocycles. The standard InChI is InChI=1S/C18H23ClN4O.HI/c1-3-21-18(22-12-17(24)15-8-10-20-11-9-15)23-13(2)14-4-6-16(19)7-5-14;/h4-11,13,17,24H,3,12H2,1-2H3,(H2,21,22,23);1H. The molecule has 25 heavy (non-hydrogen) atoms. The van der Waals surface area contributed by atoms with Gasteiger partial charge in [0.15, 0.2) is 5.96 Å². The van der Waals surface area contributed by atoms with Gasteiger partial charge < -0.3 is 15.7 Å². The average Bonchev–Trinajstić information content (AvgIpc) is 2.61. The van der Waals surface area contributed by atoms with Crippen LogP contribution in [-0.2, 0) is 0 Å². The van der Waals surface area contributed by atoms with Crippen LogP contribution in [0.1, 0.15) is 37.1 Å². The minimum atomic E-state index is -0.658. The summed E-state index contributed by atoms with van der Waals surface area (Å²) in [6, 6.07) is 11.3. The Balaban J connectivity index is 0.00000312. The number of aliphatic hydroxyl groups is 1. The molecular formula is C18H24ClIN4O. The van der Waals surface area contributed by atoms with Crippen molar-refractivity contribution in [3.05, 3.63) is 64.9 Å². The van der Waals surface area contributed by atoms with E-state index in [1.54, 1.807) is 24.5 Å². The van der Waals surface area contributed by atoms with E-state index in [2.05, 4.69) is 27.5 Å². The fourth-order valence-corrected chi connectivity index (χ4v) is 2.35. The van der Waals surface area contributed by atoms with Crippen LogP contribution >= 0.6 is 35.6 Å². The minimum absolute atomic E-state index is 0. The normalized spacial score (nSPS) is 13.5. The molecule has 0 aliphatic carbocycles. The van der Waals surface area contributed by atoms with Gasteiger partial charge >= 0.3 is 0 Å². The van der Waals surface area contributed by atoms with E-state index in [-0.39, 0.29) is 36.6 Å². The maximum absolute atomic E-state index is 10.2. The van der Waals surface area contributed by atoms with Crippen LogP contribution < -0.4 is 10.6 Å². The molecule has 1 aromatic carbocycles. The van der Waals surface area contributed by atoms with Crippen LogP contribution in [0, 0.1) is 0 Å². The van der Waals surface area contributed by atoms with E-state index in [0.29, 0.717) is 11.0 Å². The highest BCUT2D eigenvalue weighted by Gasteiger charge is 2.10. The van der Waals surface area contributed by atoms with Crippen molar-refractivity contribution >= 4 is 41.5 Å². The Bertz CT molecular complexity index is 652. The molecular weight excluding hydrogens is 451 g/mol. The highest BCUT2D eigenvalue weighted by atomic mass is 127. The first-order valence-corrected chi connectivity index (χ1v) is 8.36. The molecule has 2 rings (SSSR count). The van der Waals surface area contributed by atoms with Crippen LogP contribution in [0.4, 0.5) is 0 Å². The summed E-state index contributed by atoms with van der Waals surface area (Å²) in [4.78, 5) is 8.42. The molecule has 7 heteroatoms. The first kappa shape index (κ1) is 21.7. The zero-order valence-electron chi connectivity index (χ0n) is 14.3. The number of nitrogens with one attached hydrogen (secondary N) is 2. The van der Waals surface area contributed by atoms with Crippen LogP contribution in [0.3, 0.4) is 0 Å². The summed E-state index contributed by atoms with van der Waals surface area (Å²) in [5, 5.41) is 17.5. The lowest BCUT2D eigenvalue weighted by Crippen LogP contribution is -2.39. The van der Waals surface area contributed by atoms with Crippen molar-refractivity contribution in [3.8, 4) is 0 Å². The predicted octanol–water partition coefficient (Wildman–Crippen LogP) is 3.70. The number of aromatic nitrogens is 1. The van der Waals surface area contributed by atoms with Crippen LogP contribution in [0.2, 0.25) is 5.02 Å². The molecule has 5 nitrogen and oxygen atoms in total. The van der Waals surface area contributed by atoms with Gasteiger partial charge in [-0.1, -0.05) is 23.7 Å². The van der Waals surface area contributed by atoms with E-state index in [1.165, 1.54) is 0 Å². The molecule has 0 radical (unpaired) electrons. The van der Waals surface area contributed by atoms with Crippen molar-refractivity contribution in [1.29, 1.82) is 0 Å². The van der Waals surface area contributed by atoms with Gasteiger partial charge in [0, 0.05) is 24.0 Å². The molecule has 2 atom stereocenters. The first-order chi connectivity index (χ1) is 11.6. The summed E-state index contributed by atoms with van der Waals surface area (Å²) in [6.07, 6.45) is 2.66. The molecule has 0 amide bonds. The molecule has 136 valence electrons. The molecule has 2 aromatic rings. The van der Waals surface area contributed by atoms with Gasteiger partial charge in [-0.3, -0.25) is 9.98 Å². The molecule has 0 bridgehead atoms. The van der Waals surface area contributed by atoms with Crippen LogP contribution in [0.15, 0.2) is 53.8 Å². The maximum atomic E-state index is 10.2. The van der Waals surface area contributed by atoms with Crippen LogP contribution in [0.25, 0.3) is 0 Å². The molecule has 3 N–H and O–H groups in total. The lowest BCUT2D eigenvalue weighted by atomic mass is 10.1. The van der Waals surface area contributed by atoms with Crippen molar-refractivity contribution in [3.63, 3.8) is 0 Å². The molecule has 2 unspecified atom stereocenters. The Hall–Kier alpha value is -1.38. The molecule has 1 aromatic heterocycles. The summed E-state index contributed by atoms with van der Waals surface area (Å²) >= 11 is 5.93. The monoisotopic (exact) mass is 474 g/mol. The first-order valence-electron chi connectivity index (χ1n) is 7.98. The fraction of sp³-hybridized carbons (Fsp3) is 0.333. The van der Waals surface area contributed by atoms with E-state index in [0.717, 1.165) is 17.7 Å². The third-order valence-corrected chi connectivity index (χ3v) is 3.83. The second kappa shape index (κ2) is 11.3. The number of guanidine groups is 1. The third-order valence-electron chi connectivity index (χ3n) is 3.58. The SMILES string of the molecule is CCNC(=NCC(O)c1ccncc1)NC(C)c1ccc(Cl)cc1.I. The molecule has 0 aliphatic rings. The molecule has 1 heterocycles. The maximum Gasteiger partial charge on any atom is 0.191 e. The van der Waals surface area contributed by atoms with Crippen molar-refractivity contribution in [2.75, 3.05) is 13.1 Å². The summed E-state index contributed by atoms with van der Waals surface area (Å²) < 4.78 is 0. The fourth-order valence-electron chi connectivity index (χ4n) is 2.23. The number of rotatable bonds is 6. The highest BCUT2D eigenvalue weighted by Crippen LogP contribution is 2.16. The Morgan fingerprint density at radius 2 is 1.80 bits per heavy atom. The highest BCUT2D eigenvalue weighted by molar-refractivity contribution is 14.0. The van der Waals surface area contributed by atoms with E-state index in [1.807, 2.05) is 31.2 Å². The van der Waals surface area contributed by atoms with Gasteiger partial charge in [0.05, 0.1) is 18.7 Å². The lowest BCUT2D eigenvalue weighted by Gasteiger charge is -2.19. The quantitative estimate of drug-likeness (QED) is 0.339. The summed E-state index contributed by atoms with van der Waals surface area (Å²) in [5.41, 5.74) is 1.91. The van der Waals surface area contributed by atoms with E-state index in [4.69, 9.17) is 11.6 Å². The Morgan fingerprint density at radius 3 is 2.40 bits per heavy atom. The van der Waals surface area contributed by atoms with Gasteiger partial charge in [0.2, 0.25) is 0 Å². The number of halogens is 2. The zero-order valence-corrected chi connectivity index (χ0v) is 17.4. The number of aliphatic imine (C=N–C) groups is 1. The van der Waals surface area contributed by atoms with E-state index in [9.17, 15) is 5.11 Å². The van der Waals surface area contributed by atoms with Crippen molar-refractivity contribution in [1.82, 2.24) is 15.6 Å². The van der Waals surface area contributed by atoms with Crippen LogP contribution in [0.5, 0.6) is 0 Å². The van der Waals surface area contributed by atoms with Gasteiger partial charge in [0.25, 0.3) is 0 Å². The predicted molar refractivity (Wildman–Crippen MR) is 114 cm³/mol. The number of benzene rings is 1. The van der Waals surface area contributed by atoms with Gasteiger partial charge in [-0.25, -0.2) is 0 Å². The van der Waals surface area contributed by atoms with E-state index < -0.39 is 6.10 Å². The second-order valence-corrected chi connectivity index (χ2v) is 5.87. The van der Waals surface area contributed by atoms with Gasteiger partial charge in [-0.15, -0.1) is 24.0 Å². The molecule has 0 saturated carbocycles. The van der Waals surface area contributed by atoms with Gasteiger partial charge in [0.1, 0.15) is 0 Å². The Kier molecular flexibility index (Phi) is 9.77. The lowest BCUT2D eigenvalue weighted by molar-refractivity contribution is 0.187. The molecule has 0 fully saturated rings. The zero-order chi connectivity index (χ0) is 17.4. The number of aliphatic hydroxyl groups excluding tert-OH is 1. The number of pyridine rings is 1. The van der Waals surface area contributed by atoms with Crippen LogP contribution in [-0.4, -0.2) is 29.1 Å². The van der Waals surface area contributed by atoms with E-state index >= 15 is 0 Å². The third kappa shape index (κ3) is 7.17. The minimum Gasteiger partial charge on any atom is -0.386 e. The molecule has 0 aliphatic heterocycles. The Morgan fingerprint density at radius 1 is 1.16 bits per heavy atom. The number of nitrogens with zero attached hydrogens (tertiary/aromatic N) is 2. The average molecular weight is 475 g/mol. The van der Waals surface area contributed by atoms with Crippen molar-refractivity contribution in [2.24, 2.45) is 4.99 Å². The number of hydrogen-bond donors (Lipinski definition) is 3. The Labute approximate surface area is 170 Å². The second-order valence-electron chi connectivity index (χ2n) is 5.43. The topological polar surface area (TPSA) is 69.5 Å². The summed E-state index contributed by atoms with van der Waals surface area (Å²) in [7, 11) is 0.